The highest BCUT2D eigenvalue weighted by Crippen LogP contribution is 2.44. The summed E-state index contributed by atoms with van der Waals surface area (Å²) in [6, 6.07) is 0. The normalized spacial score (nSPS) is 27.7. The van der Waals surface area contributed by atoms with Crippen LogP contribution in [0.2, 0.25) is 0 Å². The highest BCUT2D eigenvalue weighted by molar-refractivity contribution is 7.92. The molecule has 1 aromatic rings. The van der Waals surface area contributed by atoms with Gasteiger partial charge in [0.1, 0.15) is 5.82 Å². The molecular formula is C15H23N3O2S2. The van der Waals surface area contributed by atoms with Crippen molar-refractivity contribution in [3.8, 4) is 0 Å². The first-order valence-electron chi connectivity index (χ1n) is 8.41. The molecule has 2 aliphatic carbocycles. The minimum atomic E-state index is -2.96. The molecule has 1 aliphatic heterocycles. The number of hydrogen-bond donors (Lipinski definition) is 0. The Balaban J connectivity index is 1.51. The van der Waals surface area contributed by atoms with Crippen molar-refractivity contribution in [1.29, 1.82) is 0 Å². The molecule has 0 N–H and O–H groups in total. The molecule has 3 fully saturated rings. The fourth-order valence-electron chi connectivity index (χ4n) is 4.08. The molecular weight excluding hydrogens is 318 g/mol. The average Bonchev–Trinajstić information content (AvgIpc) is 3.08. The quantitative estimate of drug-likeness (QED) is 0.827. The fraction of sp³-hybridized carbons (Fsp3) is 0.867. The van der Waals surface area contributed by atoms with Crippen molar-refractivity contribution in [3.05, 3.63) is 5.82 Å². The van der Waals surface area contributed by atoms with Crippen LogP contribution in [0.1, 0.15) is 63.1 Å². The topological polar surface area (TPSA) is 63.2 Å². The smallest absolute Gasteiger partial charge is 0.205 e. The van der Waals surface area contributed by atoms with E-state index >= 15 is 0 Å². The Bertz CT molecular complexity index is 645. The molecule has 1 spiro atoms. The van der Waals surface area contributed by atoms with Crippen LogP contribution in [0.4, 0.5) is 5.13 Å². The summed E-state index contributed by atoms with van der Waals surface area (Å²) in [6.45, 7) is 1.38. The molecule has 0 amide bonds. The first-order valence-corrected chi connectivity index (χ1v) is 10.8. The molecule has 22 heavy (non-hydrogen) atoms. The third-order valence-electron chi connectivity index (χ3n) is 5.81. The Kier molecular flexibility index (Phi) is 3.68. The first kappa shape index (κ1) is 14.9. The van der Waals surface area contributed by atoms with Crippen LogP contribution in [0.15, 0.2) is 0 Å². The summed E-state index contributed by atoms with van der Waals surface area (Å²) in [5, 5.41) is 0.925. The van der Waals surface area contributed by atoms with Crippen LogP contribution in [0.25, 0.3) is 0 Å². The fourth-order valence-corrected chi connectivity index (χ4v) is 7.09. The predicted molar refractivity (Wildman–Crippen MR) is 88.3 cm³/mol. The van der Waals surface area contributed by atoms with Crippen LogP contribution in [-0.2, 0) is 9.84 Å². The summed E-state index contributed by atoms with van der Waals surface area (Å²) >= 11 is 1.45. The van der Waals surface area contributed by atoms with Gasteiger partial charge in [-0.05, 0) is 32.1 Å². The van der Waals surface area contributed by atoms with E-state index in [1.807, 2.05) is 0 Å². The number of rotatable bonds is 2. The average molecular weight is 342 g/mol. The molecule has 4 rings (SSSR count). The van der Waals surface area contributed by atoms with Gasteiger partial charge < -0.3 is 4.90 Å². The van der Waals surface area contributed by atoms with E-state index in [0.29, 0.717) is 12.5 Å². The van der Waals surface area contributed by atoms with Crippen LogP contribution in [0.5, 0.6) is 0 Å². The molecule has 3 aliphatic rings. The second kappa shape index (κ2) is 5.44. The zero-order chi connectivity index (χ0) is 15.2. The molecule has 0 aromatic carbocycles. The lowest BCUT2D eigenvalue weighted by Crippen LogP contribution is -2.46. The van der Waals surface area contributed by atoms with Gasteiger partial charge in [0, 0.05) is 30.5 Å². The molecule has 2 saturated carbocycles. The lowest BCUT2D eigenvalue weighted by atomic mass is 9.81. The summed E-state index contributed by atoms with van der Waals surface area (Å²) in [7, 11) is -2.96. The van der Waals surface area contributed by atoms with E-state index in [1.54, 1.807) is 0 Å². The maximum atomic E-state index is 12.5. The Morgan fingerprint density at radius 2 is 1.86 bits per heavy atom. The molecule has 1 saturated heterocycles. The van der Waals surface area contributed by atoms with E-state index in [2.05, 4.69) is 9.27 Å². The number of anilines is 1. The minimum Gasteiger partial charge on any atom is -0.346 e. The van der Waals surface area contributed by atoms with Crippen molar-refractivity contribution in [3.63, 3.8) is 0 Å². The summed E-state index contributed by atoms with van der Waals surface area (Å²) < 4.78 is 29.2. The standard InChI is InChI=1S/C15H23N3O2S2/c19-22(20)11-10-18(9-8-15(22)6-3-7-15)14-16-13(17-21-14)12-4-1-2-5-12/h12H,1-11H2. The first-order chi connectivity index (χ1) is 10.6. The molecule has 0 bridgehead atoms. The molecule has 122 valence electrons. The molecule has 5 nitrogen and oxygen atoms in total. The Hall–Kier alpha value is -0.690. The van der Waals surface area contributed by atoms with Gasteiger partial charge in [-0.1, -0.05) is 19.3 Å². The van der Waals surface area contributed by atoms with E-state index in [-0.39, 0.29) is 5.75 Å². The molecule has 1 aromatic heterocycles. The van der Waals surface area contributed by atoms with Crippen molar-refractivity contribution in [2.24, 2.45) is 0 Å². The van der Waals surface area contributed by atoms with E-state index in [9.17, 15) is 8.42 Å². The summed E-state index contributed by atoms with van der Waals surface area (Å²) in [5.41, 5.74) is 0. The molecule has 0 radical (unpaired) electrons. The number of sulfone groups is 1. The Morgan fingerprint density at radius 1 is 1.09 bits per heavy atom. The molecule has 7 heteroatoms. The van der Waals surface area contributed by atoms with E-state index in [1.165, 1.54) is 37.2 Å². The Labute approximate surface area is 136 Å². The lowest BCUT2D eigenvalue weighted by molar-refractivity contribution is 0.324. The second-order valence-corrected chi connectivity index (χ2v) is 10.2. The second-order valence-electron chi connectivity index (χ2n) is 7.01. The van der Waals surface area contributed by atoms with Crippen LogP contribution in [-0.4, -0.2) is 41.4 Å². The van der Waals surface area contributed by atoms with E-state index in [0.717, 1.165) is 43.2 Å². The van der Waals surface area contributed by atoms with Crippen LogP contribution >= 0.6 is 11.5 Å². The molecule has 0 unspecified atom stereocenters. The number of aromatic nitrogens is 2. The predicted octanol–water partition coefficient (Wildman–Crippen LogP) is 2.74. The van der Waals surface area contributed by atoms with Gasteiger partial charge in [-0.25, -0.2) is 13.4 Å². The van der Waals surface area contributed by atoms with Crippen LogP contribution in [0, 0.1) is 0 Å². The number of nitrogens with zero attached hydrogens (tertiary/aromatic N) is 3. The van der Waals surface area contributed by atoms with Crippen molar-refractivity contribution in [2.75, 3.05) is 23.7 Å². The summed E-state index contributed by atoms with van der Waals surface area (Å²) in [4.78, 5) is 6.89. The van der Waals surface area contributed by atoms with Crippen LogP contribution < -0.4 is 4.90 Å². The van der Waals surface area contributed by atoms with Crippen molar-refractivity contribution < 1.29 is 8.42 Å². The van der Waals surface area contributed by atoms with E-state index in [4.69, 9.17) is 4.98 Å². The zero-order valence-corrected chi connectivity index (χ0v) is 14.5. The van der Waals surface area contributed by atoms with Crippen molar-refractivity contribution in [2.45, 2.75) is 62.0 Å². The van der Waals surface area contributed by atoms with Crippen molar-refractivity contribution in [1.82, 2.24) is 9.36 Å². The summed E-state index contributed by atoms with van der Waals surface area (Å²) in [5.74, 6) is 1.78. The maximum Gasteiger partial charge on any atom is 0.205 e. The lowest BCUT2D eigenvalue weighted by Gasteiger charge is -2.39. The Morgan fingerprint density at radius 3 is 2.55 bits per heavy atom. The van der Waals surface area contributed by atoms with Gasteiger partial charge in [0.15, 0.2) is 9.84 Å². The van der Waals surface area contributed by atoms with E-state index < -0.39 is 14.6 Å². The molecule has 2 heterocycles. The van der Waals surface area contributed by atoms with Gasteiger partial charge in [-0.3, -0.25) is 0 Å². The van der Waals surface area contributed by atoms with Gasteiger partial charge in [0.25, 0.3) is 0 Å². The van der Waals surface area contributed by atoms with Gasteiger partial charge in [0.05, 0.1) is 10.5 Å². The van der Waals surface area contributed by atoms with Gasteiger partial charge in [-0.2, -0.15) is 4.37 Å². The van der Waals surface area contributed by atoms with Gasteiger partial charge in [-0.15, -0.1) is 0 Å². The van der Waals surface area contributed by atoms with Crippen LogP contribution in [0.3, 0.4) is 0 Å². The zero-order valence-electron chi connectivity index (χ0n) is 12.8. The third kappa shape index (κ3) is 2.37. The largest absolute Gasteiger partial charge is 0.346 e. The summed E-state index contributed by atoms with van der Waals surface area (Å²) in [6.07, 6.45) is 8.49. The van der Waals surface area contributed by atoms with Crippen molar-refractivity contribution >= 4 is 26.5 Å². The third-order valence-corrected chi connectivity index (χ3v) is 9.26. The highest BCUT2D eigenvalue weighted by Gasteiger charge is 2.49. The number of hydrogen-bond acceptors (Lipinski definition) is 6. The monoisotopic (exact) mass is 341 g/mol. The maximum absolute atomic E-state index is 12.5. The SMILES string of the molecule is O=S1(=O)CCN(c2nc(C3CCCC3)ns2)CCC12CCC2. The molecule has 0 atom stereocenters. The van der Waals surface area contributed by atoms with Gasteiger partial charge >= 0.3 is 0 Å². The highest BCUT2D eigenvalue weighted by atomic mass is 32.2. The van der Waals surface area contributed by atoms with Gasteiger partial charge in [0.2, 0.25) is 5.13 Å². The minimum absolute atomic E-state index is 0.269.